The number of aromatic hydroxyl groups is 1. The molecule has 2 aromatic heterocycles. The molecule has 4 heteroatoms. The van der Waals surface area contributed by atoms with Crippen molar-refractivity contribution >= 4 is 11.0 Å². The Kier molecular flexibility index (Phi) is 12.5. The van der Waals surface area contributed by atoms with Gasteiger partial charge < -0.3 is 5.11 Å². The molecule has 0 aliphatic heterocycles. The highest BCUT2D eigenvalue weighted by atomic mass is 16.3. The molecule has 8 aromatic rings. The van der Waals surface area contributed by atoms with Gasteiger partial charge in [-0.05, 0) is 182 Å². The number of aryl methyl sites for hydroxylation is 1. The van der Waals surface area contributed by atoms with Crippen LogP contribution in [0, 0.1) is 6.85 Å². The minimum absolute atomic E-state index is 0.134. The van der Waals surface area contributed by atoms with E-state index in [0.717, 1.165) is 81.4 Å². The predicted molar refractivity (Wildman–Crippen MR) is 309 cm³/mol. The predicted octanol–water partition coefficient (Wildman–Crippen LogP) is 19.6. The van der Waals surface area contributed by atoms with E-state index in [1.54, 1.807) is 39.8 Å². The van der Waals surface area contributed by atoms with Gasteiger partial charge >= 0.3 is 0 Å². The first-order valence-electron chi connectivity index (χ1n) is 29.2. The molecular weight excluding hydrogens is 875 g/mol. The molecule has 374 valence electrons. The number of para-hydroxylation sites is 1. The number of pyridine rings is 1. The Bertz CT molecular complexity index is 3480. The number of phenols is 1. The normalized spacial score (nSPS) is 14.4. The molecule has 2 heterocycles. The quantitative estimate of drug-likeness (QED) is 0.111. The highest BCUT2D eigenvalue weighted by Crippen LogP contribution is 2.48. The first-order chi connectivity index (χ1) is 36.3. The second-order valence-electron chi connectivity index (χ2n) is 22.4. The summed E-state index contributed by atoms with van der Waals surface area (Å²) >= 11 is 0. The summed E-state index contributed by atoms with van der Waals surface area (Å²) in [5.41, 5.74) is 14.1. The maximum atomic E-state index is 12.6. The standard InChI is InChI=1S/C68H81N3O/c1-17-67(15,18-2)57-24-22-25-58(68(16,19-3)20-4)62(57)49-31-32-60(45(11)35-49)71-61-26-21-23-54(63(61)70-65(71)56-40-50(43(7)8)39-55(44(9)10)64(56)72)51-36-52(38-53(37-51)66(12,13)14)59-41-48(33-34-69-59)47-29-27-46(28-30-47)42(5)6/h21-44,72H,17-20H2,1-16H3/i11D3,42D,43D,44D. The van der Waals surface area contributed by atoms with Gasteiger partial charge in [0.2, 0.25) is 0 Å². The fourth-order valence-electron chi connectivity index (χ4n) is 10.4. The Hall–Kier alpha value is -6.26. The van der Waals surface area contributed by atoms with Gasteiger partial charge in [-0.25, -0.2) is 4.98 Å². The van der Waals surface area contributed by atoms with Crippen molar-refractivity contribution in [3.63, 3.8) is 0 Å². The number of hydrogen-bond acceptors (Lipinski definition) is 3. The number of benzene rings is 6. The summed E-state index contributed by atoms with van der Waals surface area (Å²) in [6.07, 6.45) is 5.46. The topological polar surface area (TPSA) is 50.9 Å². The number of rotatable bonds is 15. The van der Waals surface area contributed by atoms with Crippen molar-refractivity contribution in [3.05, 3.63) is 166 Å². The average molecular weight is 962 g/mol. The Morgan fingerprint density at radius 2 is 1.19 bits per heavy atom. The molecule has 0 amide bonds. The molecule has 0 aliphatic rings. The molecule has 1 N–H and O–H groups in total. The molecule has 8 rings (SSSR count). The number of fused-ring (bicyclic) bond motifs is 1. The first-order valence-corrected chi connectivity index (χ1v) is 26.2. The Morgan fingerprint density at radius 1 is 0.583 bits per heavy atom. The molecule has 6 aromatic carbocycles. The number of phenolic OH excluding ortho intramolecular Hbond substituents is 1. The molecule has 0 atom stereocenters. The molecule has 0 bridgehead atoms. The van der Waals surface area contributed by atoms with E-state index in [-0.39, 0.29) is 27.6 Å². The van der Waals surface area contributed by atoms with E-state index >= 15 is 0 Å². The maximum absolute atomic E-state index is 12.6. The van der Waals surface area contributed by atoms with Gasteiger partial charge in [0.15, 0.2) is 0 Å². The summed E-state index contributed by atoms with van der Waals surface area (Å²) in [7, 11) is 0. The van der Waals surface area contributed by atoms with E-state index in [2.05, 4.69) is 123 Å². The highest BCUT2D eigenvalue weighted by molar-refractivity contribution is 5.97. The summed E-state index contributed by atoms with van der Waals surface area (Å²) in [6.45, 7) is 28.3. The average Bonchev–Trinajstić information content (AvgIpc) is 3.78. The van der Waals surface area contributed by atoms with Crippen LogP contribution in [0.1, 0.15) is 194 Å². The number of hydrogen-bond donors (Lipinski definition) is 1. The Labute approximate surface area is 441 Å². The van der Waals surface area contributed by atoms with Crippen LogP contribution in [0.2, 0.25) is 0 Å². The summed E-state index contributed by atoms with van der Waals surface area (Å²) < 4.78 is 57.1. The van der Waals surface area contributed by atoms with E-state index in [1.807, 2.05) is 73.1 Å². The van der Waals surface area contributed by atoms with Gasteiger partial charge in [-0.15, -0.1) is 0 Å². The van der Waals surface area contributed by atoms with Crippen molar-refractivity contribution < 1.29 is 13.3 Å². The zero-order valence-electron chi connectivity index (χ0n) is 51.7. The van der Waals surface area contributed by atoms with Gasteiger partial charge in [0.25, 0.3) is 0 Å². The number of aromatic nitrogens is 3. The Balaban J connectivity index is 1.46. The highest BCUT2D eigenvalue weighted by Gasteiger charge is 2.33. The fourth-order valence-corrected chi connectivity index (χ4v) is 10.4. The van der Waals surface area contributed by atoms with Crippen LogP contribution in [-0.2, 0) is 16.2 Å². The number of imidazole rings is 1. The first kappa shape index (κ1) is 44.4. The van der Waals surface area contributed by atoms with Crippen LogP contribution in [0.15, 0.2) is 128 Å². The molecule has 0 aliphatic carbocycles. The van der Waals surface area contributed by atoms with Crippen molar-refractivity contribution in [1.29, 1.82) is 0 Å². The molecule has 0 unspecified atom stereocenters. The van der Waals surface area contributed by atoms with E-state index in [1.165, 1.54) is 11.1 Å². The monoisotopic (exact) mass is 962 g/mol. The van der Waals surface area contributed by atoms with Gasteiger partial charge in [-0.3, -0.25) is 9.55 Å². The second-order valence-corrected chi connectivity index (χ2v) is 22.4. The Morgan fingerprint density at radius 3 is 1.78 bits per heavy atom. The van der Waals surface area contributed by atoms with Crippen molar-refractivity contribution in [3.8, 4) is 67.5 Å². The SMILES string of the molecule is [2H]C([2H])([2H])c1cc(-c2c(C(C)(CC)CC)cccc2C(C)(CC)CC)ccc1-n1c(-c2cc(C([2H])(C)C)cc(C([2H])(C)C)c2O)nc2c(-c3cc(-c4cc(-c5ccc(C([2H])(C)C)cc5)ccn4)cc(C(C)(C)C)c3)cccc21. The van der Waals surface area contributed by atoms with Gasteiger partial charge in [-0.1, -0.05) is 177 Å². The van der Waals surface area contributed by atoms with Crippen molar-refractivity contribution in [2.75, 3.05) is 0 Å². The van der Waals surface area contributed by atoms with Gasteiger partial charge in [-0.2, -0.15) is 0 Å². The molecule has 4 nitrogen and oxygen atoms in total. The molecule has 0 fully saturated rings. The zero-order chi connectivity index (χ0) is 57.3. The lowest BCUT2D eigenvalue weighted by Gasteiger charge is -2.36. The molecule has 72 heavy (non-hydrogen) atoms. The molecular formula is C68H81N3O. The van der Waals surface area contributed by atoms with Crippen LogP contribution < -0.4 is 0 Å². The van der Waals surface area contributed by atoms with Crippen LogP contribution >= 0.6 is 0 Å². The lowest BCUT2D eigenvalue weighted by atomic mass is 9.68. The number of nitrogens with zero attached hydrogens (tertiary/aromatic N) is 3. The summed E-state index contributed by atoms with van der Waals surface area (Å²) in [5, 5.41) is 12.6. The summed E-state index contributed by atoms with van der Waals surface area (Å²) in [5.74, 6) is -2.97. The van der Waals surface area contributed by atoms with Crippen molar-refractivity contribution in [2.45, 2.75) is 170 Å². The van der Waals surface area contributed by atoms with Gasteiger partial charge in [0, 0.05) is 25.5 Å². The second kappa shape index (κ2) is 20.3. The minimum Gasteiger partial charge on any atom is -0.507 e. The van der Waals surface area contributed by atoms with Crippen LogP contribution in [0.25, 0.3) is 72.7 Å². The zero-order valence-corrected chi connectivity index (χ0v) is 45.7. The smallest absolute Gasteiger partial charge is 0.149 e. The van der Waals surface area contributed by atoms with Crippen molar-refractivity contribution in [1.82, 2.24) is 14.5 Å². The third-order valence-corrected chi connectivity index (χ3v) is 16.1. The fraction of sp³-hybridized carbons (Fsp3) is 0.382. The molecule has 0 spiro atoms. The van der Waals surface area contributed by atoms with Crippen LogP contribution in [0.4, 0.5) is 0 Å². The van der Waals surface area contributed by atoms with E-state index in [0.29, 0.717) is 39.2 Å². The molecule has 0 saturated carbocycles. The molecule has 0 saturated heterocycles. The third kappa shape index (κ3) is 9.71. The summed E-state index contributed by atoms with van der Waals surface area (Å²) in [6, 6.07) is 40.8. The van der Waals surface area contributed by atoms with E-state index in [4.69, 9.17) is 11.3 Å². The van der Waals surface area contributed by atoms with Gasteiger partial charge in [0.1, 0.15) is 11.6 Å². The third-order valence-electron chi connectivity index (χ3n) is 16.1. The van der Waals surface area contributed by atoms with Gasteiger partial charge in [0.05, 0.1) is 28.0 Å². The van der Waals surface area contributed by atoms with Crippen LogP contribution in [0.3, 0.4) is 0 Å². The van der Waals surface area contributed by atoms with Crippen molar-refractivity contribution in [2.24, 2.45) is 0 Å². The van der Waals surface area contributed by atoms with Crippen LogP contribution in [-0.4, -0.2) is 19.6 Å². The van der Waals surface area contributed by atoms with Crippen LogP contribution in [0.5, 0.6) is 5.75 Å². The lowest BCUT2D eigenvalue weighted by Crippen LogP contribution is -2.25. The summed E-state index contributed by atoms with van der Waals surface area (Å²) in [4.78, 5) is 10.5. The molecule has 0 radical (unpaired) electrons. The lowest BCUT2D eigenvalue weighted by molar-refractivity contribution is 0.426. The van der Waals surface area contributed by atoms with E-state index < -0.39 is 24.5 Å². The van der Waals surface area contributed by atoms with E-state index in [9.17, 15) is 12.0 Å². The minimum atomic E-state index is -2.61. The largest absolute Gasteiger partial charge is 0.507 e. The maximum Gasteiger partial charge on any atom is 0.149 e.